The molecular weight excluding hydrogens is 424 g/mol. The predicted molar refractivity (Wildman–Crippen MR) is 122 cm³/mol. The van der Waals surface area contributed by atoms with Crippen molar-refractivity contribution in [3.05, 3.63) is 54.1 Å². The van der Waals surface area contributed by atoms with E-state index in [1.165, 1.54) is 29.2 Å². The van der Waals surface area contributed by atoms with Crippen LogP contribution >= 0.6 is 10.0 Å². The number of benzene rings is 2. The minimum atomic E-state index is -3.30. The quantitative estimate of drug-likeness (QED) is 0.570. The molecular formula is C21H28N2O5S2. The number of sulfone groups is 1. The van der Waals surface area contributed by atoms with E-state index in [1.807, 2.05) is 24.3 Å². The van der Waals surface area contributed by atoms with Crippen LogP contribution in [0.15, 0.2) is 53.4 Å². The summed E-state index contributed by atoms with van der Waals surface area (Å²) in [6, 6.07) is 12.4. The molecule has 2 aromatic carbocycles. The number of amides is 2. The fourth-order valence-corrected chi connectivity index (χ4v) is 4.15. The number of phenolic OH excluding ortho intramolecular Hbond substituents is 1. The summed E-state index contributed by atoms with van der Waals surface area (Å²) >= 11 is 0. The lowest BCUT2D eigenvalue weighted by Gasteiger charge is -2.26. The fourth-order valence-electron chi connectivity index (χ4n) is 2.64. The smallest absolute Gasteiger partial charge is 0.251 e. The second-order valence-corrected chi connectivity index (χ2v) is 14.2. The first-order valence-corrected chi connectivity index (χ1v) is 14.1. The molecule has 1 atom stereocenters. The van der Waals surface area contributed by atoms with Crippen molar-refractivity contribution in [1.29, 1.82) is 0 Å². The van der Waals surface area contributed by atoms with Gasteiger partial charge in [0, 0.05) is 18.4 Å². The molecule has 1 unspecified atom stereocenters. The molecule has 7 nitrogen and oxygen atoms in total. The van der Waals surface area contributed by atoms with Crippen LogP contribution in [-0.2, 0) is 19.4 Å². The minimum Gasteiger partial charge on any atom is -0.508 e. The second-order valence-electron chi connectivity index (χ2n) is 7.82. The summed E-state index contributed by atoms with van der Waals surface area (Å²) in [4.78, 5) is 26.4. The fraction of sp³-hybridized carbons (Fsp3) is 0.333. The van der Waals surface area contributed by atoms with Crippen molar-refractivity contribution < 1.29 is 23.1 Å². The minimum absolute atomic E-state index is 0.0292. The van der Waals surface area contributed by atoms with Crippen LogP contribution in [0, 0.1) is 0 Å². The van der Waals surface area contributed by atoms with E-state index in [0.29, 0.717) is 11.3 Å². The first-order chi connectivity index (χ1) is 13.8. The highest BCUT2D eigenvalue weighted by Gasteiger charge is 2.23. The Balaban J connectivity index is 2.19. The van der Waals surface area contributed by atoms with Crippen molar-refractivity contribution in [3.63, 3.8) is 0 Å². The molecule has 0 heterocycles. The molecule has 2 amide bonds. The molecule has 0 fully saturated rings. The summed E-state index contributed by atoms with van der Waals surface area (Å²) in [7, 11) is -4.19. The largest absolute Gasteiger partial charge is 0.508 e. The number of hydrogen-bond donors (Lipinski definition) is 3. The van der Waals surface area contributed by atoms with Gasteiger partial charge in [-0.3, -0.25) is 9.59 Å². The molecule has 0 aliphatic heterocycles. The number of carbonyl (C=O) groups is 2. The number of aromatic hydroxyl groups is 1. The Morgan fingerprint density at radius 3 is 2.00 bits per heavy atom. The normalized spacial score (nSPS) is 13.3. The highest BCUT2D eigenvalue weighted by Crippen LogP contribution is 2.45. The van der Waals surface area contributed by atoms with E-state index >= 15 is 0 Å². The Morgan fingerprint density at radius 2 is 1.50 bits per heavy atom. The van der Waals surface area contributed by atoms with Crippen molar-refractivity contribution in [1.82, 2.24) is 5.32 Å². The van der Waals surface area contributed by atoms with Gasteiger partial charge in [0.25, 0.3) is 5.91 Å². The summed E-state index contributed by atoms with van der Waals surface area (Å²) in [5.74, 6) is -1.30. The van der Waals surface area contributed by atoms with Crippen LogP contribution in [0.25, 0.3) is 0 Å². The van der Waals surface area contributed by atoms with E-state index in [9.17, 15) is 23.1 Å². The Labute approximate surface area is 179 Å². The van der Waals surface area contributed by atoms with Crippen LogP contribution in [0.1, 0.15) is 18.0 Å². The lowest BCUT2D eigenvalue weighted by molar-refractivity contribution is -0.126. The zero-order valence-electron chi connectivity index (χ0n) is 17.5. The third-order valence-electron chi connectivity index (χ3n) is 4.32. The lowest BCUT2D eigenvalue weighted by Crippen LogP contribution is -2.37. The van der Waals surface area contributed by atoms with Gasteiger partial charge >= 0.3 is 0 Å². The van der Waals surface area contributed by atoms with Gasteiger partial charge in [-0.05, 0) is 65.6 Å². The van der Waals surface area contributed by atoms with Crippen molar-refractivity contribution in [2.75, 3.05) is 36.1 Å². The molecule has 0 bridgehead atoms. The van der Waals surface area contributed by atoms with E-state index in [1.54, 1.807) is 0 Å². The summed E-state index contributed by atoms with van der Waals surface area (Å²) in [5.41, 5.74) is 1.05. The molecule has 0 aliphatic carbocycles. The van der Waals surface area contributed by atoms with Crippen LogP contribution in [0.2, 0.25) is 0 Å². The van der Waals surface area contributed by atoms with Gasteiger partial charge in [-0.25, -0.2) is 18.4 Å². The predicted octanol–water partition coefficient (Wildman–Crippen LogP) is 2.68. The van der Waals surface area contributed by atoms with Crippen molar-refractivity contribution >= 4 is 37.4 Å². The highest BCUT2D eigenvalue weighted by atomic mass is 32.3. The van der Waals surface area contributed by atoms with E-state index < -0.39 is 37.7 Å². The Morgan fingerprint density at radius 1 is 0.933 bits per heavy atom. The molecule has 0 radical (unpaired) electrons. The monoisotopic (exact) mass is 452 g/mol. The van der Waals surface area contributed by atoms with Crippen LogP contribution in [0.5, 0.6) is 5.75 Å². The summed E-state index contributed by atoms with van der Waals surface area (Å²) in [6.45, 7) is 0. The number of rotatable bonds is 8. The zero-order valence-corrected chi connectivity index (χ0v) is 19.1. The Kier molecular flexibility index (Phi) is 7.54. The number of nitrogens with one attached hydrogen (secondary N) is 2. The van der Waals surface area contributed by atoms with Gasteiger partial charge < -0.3 is 15.7 Å². The summed E-state index contributed by atoms with van der Waals surface area (Å²) in [6.07, 6.45) is 7.32. The van der Waals surface area contributed by atoms with Crippen LogP contribution in [0.4, 0.5) is 5.69 Å². The molecule has 0 saturated carbocycles. The first-order valence-electron chi connectivity index (χ1n) is 9.20. The summed E-state index contributed by atoms with van der Waals surface area (Å²) < 4.78 is 22.6. The maximum Gasteiger partial charge on any atom is 0.251 e. The van der Waals surface area contributed by atoms with Gasteiger partial charge in [0.1, 0.15) is 21.6 Å². The van der Waals surface area contributed by atoms with Crippen LogP contribution < -0.4 is 10.6 Å². The third kappa shape index (κ3) is 7.38. The number of phenols is 1. The standard InChI is InChI=1S/C21H28N2O5S2/c1-29(2,3)18-11-7-16(8-12-18)22-21(26)20(15-5-9-17(24)10-6-15)23-19(25)13-14-30(4,27)28/h5-12,20,24H,13-14H2,1-4H3,(H,22,26)(H,23,25). The van der Waals surface area contributed by atoms with Crippen molar-refractivity contribution in [3.8, 4) is 5.75 Å². The zero-order chi connectivity index (χ0) is 22.5. The Bertz CT molecular complexity index is 995. The van der Waals surface area contributed by atoms with Crippen molar-refractivity contribution in [2.45, 2.75) is 17.4 Å². The van der Waals surface area contributed by atoms with Gasteiger partial charge in [-0.15, -0.1) is 0 Å². The van der Waals surface area contributed by atoms with Gasteiger partial charge in [0.15, 0.2) is 0 Å². The summed E-state index contributed by atoms with van der Waals surface area (Å²) in [5, 5.41) is 14.9. The van der Waals surface area contributed by atoms with Gasteiger partial charge in [0.2, 0.25) is 5.91 Å². The Hall–Kier alpha value is -2.52. The number of anilines is 1. The molecule has 9 heteroatoms. The van der Waals surface area contributed by atoms with Gasteiger partial charge in [-0.1, -0.05) is 12.1 Å². The number of hydrogen-bond acceptors (Lipinski definition) is 5. The maximum atomic E-state index is 12.9. The van der Waals surface area contributed by atoms with Gasteiger partial charge in [0.05, 0.1) is 5.75 Å². The van der Waals surface area contributed by atoms with Crippen LogP contribution in [0.3, 0.4) is 0 Å². The first kappa shape index (κ1) is 23.8. The molecule has 164 valence electrons. The molecule has 0 saturated heterocycles. The molecule has 30 heavy (non-hydrogen) atoms. The van der Waals surface area contributed by atoms with E-state index in [4.69, 9.17) is 0 Å². The van der Waals surface area contributed by atoms with Gasteiger partial charge in [-0.2, -0.15) is 0 Å². The van der Waals surface area contributed by atoms with E-state index in [0.717, 1.165) is 6.26 Å². The average Bonchev–Trinajstić information content (AvgIpc) is 2.64. The lowest BCUT2D eigenvalue weighted by atomic mass is 10.1. The molecule has 3 N–H and O–H groups in total. The molecule has 0 aromatic heterocycles. The van der Waals surface area contributed by atoms with Crippen LogP contribution in [-0.4, -0.2) is 56.1 Å². The molecule has 2 rings (SSSR count). The SMILES string of the molecule is CS(C)(C)c1ccc(NC(=O)C(NC(=O)CCS(C)(=O)=O)c2ccc(O)cc2)cc1. The highest BCUT2D eigenvalue weighted by molar-refractivity contribution is 8.32. The third-order valence-corrected chi connectivity index (χ3v) is 6.95. The average molecular weight is 453 g/mol. The van der Waals surface area contributed by atoms with E-state index in [-0.39, 0.29) is 17.9 Å². The number of carbonyl (C=O) groups excluding carboxylic acids is 2. The second kappa shape index (κ2) is 9.53. The molecule has 0 aliphatic rings. The molecule has 2 aromatic rings. The van der Waals surface area contributed by atoms with Crippen molar-refractivity contribution in [2.24, 2.45) is 0 Å². The van der Waals surface area contributed by atoms with E-state index in [2.05, 4.69) is 29.4 Å². The topological polar surface area (TPSA) is 113 Å². The molecule has 0 spiro atoms. The maximum absolute atomic E-state index is 12.9.